The minimum Gasteiger partial charge on any atom is -0.278 e. The van der Waals surface area contributed by atoms with E-state index in [0.29, 0.717) is 13.0 Å². The van der Waals surface area contributed by atoms with Gasteiger partial charge in [-0.1, -0.05) is 43.5 Å². The van der Waals surface area contributed by atoms with E-state index in [2.05, 4.69) is 4.98 Å². The van der Waals surface area contributed by atoms with Gasteiger partial charge in [0.2, 0.25) is 11.8 Å². The lowest BCUT2D eigenvalue weighted by Gasteiger charge is -2.30. The Bertz CT molecular complexity index is 773. The summed E-state index contributed by atoms with van der Waals surface area (Å²) < 4.78 is 0. The molecule has 2 aromatic rings. The second kappa shape index (κ2) is 5.44. The number of pyridine rings is 1. The van der Waals surface area contributed by atoms with Crippen LogP contribution in [-0.2, 0) is 16.1 Å². The quantitative estimate of drug-likeness (QED) is 0.799. The van der Waals surface area contributed by atoms with E-state index in [0.717, 1.165) is 42.1 Å². The van der Waals surface area contributed by atoms with Crippen LogP contribution in [0, 0.1) is 5.41 Å². The van der Waals surface area contributed by atoms with E-state index in [4.69, 9.17) is 0 Å². The van der Waals surface area contributed by atoms with E-state index < -0.39 is 5.41 Å². The van der Waals surface area contributed by atoms with Crippen LogP contribution in [0.2, 0.25) is 0 Å². The van der Waals surface area contributed by atoms with E-state index in [1.54, 1.807) is 6.20 Å². The maximum atomic E-state index is 12.9. The van der Waals surface area contributed by atoms with Crippen LogP contribution < -0.4 is 0 Å². The number of hydrogen-bond acceptors (Lipinski definition) is 3. The van der Waals surface area contributed by atoms with Gasteiger partial charge in [-0.25, -0.2) is 0 Å². The second-order valence-corrected chi connectivity index (χ2v) is 6.80. The first-order chi connectivity index (χ1) is 11.2. The van der Waals surface area contributed by atoms with E-state index in [1.165, 1.54) is 11.3 Å². The molecule has 2 fully saturated rings. The molecule has 1 saturated carbocycles. The number of rotatable bonds is 2. The molecule has 1 aliphatic heterocycles. The van der Waals surface area contributed by atoms with Crippen LogP contribution in [0.25, 0.3) is 10.9 Å². The predicted molar refractivity (Wildman–Crippen MR) is 87.4 cm³/mol. The normalized spacial score (nSPS) is 20.6. The molecule has 0 N–H and O–H groups in total. The van der Waals surface area contributed by atoms with E-state index in [-0.39, 0.29) is 11.8 Å². The van der Waals surface area contributed by atoms with Crippen molar-refractivity contribution in [2.24, 2.45) is 5.41 Å². The molecule has 1 spiro atoms. The zero-order chi connectivity index (χ0) is 15.9. The van der Waals surface area contributed by atoms with Gasteiger partial charge in [-0.15, -0.1) is 0 Å². The fourth-order valence-corrected chi connectivity index (χ4v) is 4.10. The highest BCUT2D eigenvalue weighted by Gasteiger charge is 2.51. The summed E-state index contributed by atoms with van der Waals surface area (Å²) in [5.74, 6) is 0.0139. The molecule has 2 aliphatic rings. The molecule has 0 unspecified atom stereocenters. The van der Waals surface area contributed by atoms with Gasteiger partial charge >= 0.3 is 0 Å². The number of carbonyl (C=O) groups is 2. The average molecular weight is 308 g/mol. The SMILES string of the molecule is O=C1CC2(CCCCC2)C(=O)N1Cc1cccc2cccnc12. The maximum absolute atomic E-state index is 12.9. The Kier molecular flexibility index (Phi) is 3.40. The molecule has 1 aromatic carbocycles. The molecule has 4 heteroatoms. The topological polar surface area (TPSA) is 50.3 Å². The van der Waals surface area contributed by atoms with Crippen molar-refractivity contribution >= 4 is 22.7 Å². The lowest BCUT2D eigenvalue weighted by atomic mass is 9.73. The van der Waals surface area contributed by atoms with Crippen LogP contribution in [0.4, 0.5) is 0 Å². The number of para-hydroxylation sites is 1. The van der Waals surface area contributed by atoms with Crippen LogP contribution in [-0.4, -0.2) is 21.7 Å². The highest BCUT2D eigenvalue weighted by Crippen LogP contribution is 2.45. The molecule has 4 nitrogen and oxygen atoms in total. The summed E-state index contributed by atoms with van der Waals surface area (Å²) in [5.41, 5.74) is 1.41. The van der Waals surface area contributed by atoms with Gasteiger partial charge in [0, 0.05) is 18.0 Å². The second-order valence-electron chi connectivity index (χ2n) is 6.80. The Balaban J connectivity index is 1.65. The van der Waals surface area contributed by atoms with Crippen molar-refractivity contribution in [3.8, 4) is 0 Å². The average Bonchev–Trinajstić information content (AvgIpc) is 2.80. The van der Waals surface area contributed by atoms with Crippen LogP contribution in [0.5, 0.6) is 0 Å². The lowest BCUT2D eigenvalue weighted by molar-refractivity contribution is -0.142. The standard InChI is InChI=1S/C19H20N2O2/c22-16-12-19(9-2-1-3-10-19)18(23)21(16)13-15-7-4-6-14-8-5-11-20-17(14)15/h4-8,11H,1-3,9-10,12-13H2. The summed E-state index contributed by atoms with van der Waals surface area (Å²) in [7, 11) is 0. The van der Waals surface area contributed by atoms with Gasteiger partial charge in [0.1, 0.15) is 0 Å². The summed E-state index contributed by atoms with van der Waals surface area (Å²) in [6.07, 6.45) is 7.16. The Morgan fingerprint density at radius 1 is 1.04 bits per heavy atom. The van der Waals surface area contributed by atoms with Crippen molar-refractivity contribution in [2.75, 3.05) is 0 Å². The molecular weight excluding hydrogens is 288 g/mol. The smallest absolute Gasteiger partial charge is 0.236 e. The van der Waals surface area contributed by atoms with Gasteiger partial charge in [-0.2, -0.15) is 0 Å². The van der Waals surface area contributed by atoms with Gasteiger partial charge in [0.05, 0.1) is 17.5 Å². The molecule has 2 heterocycles. The molecule has 118 valence electrons. The van der Waals surface area contributed by atoms with Gasteiger partial charge < -0.3 is 0 Å². The first-order valence-corrected chi connectivity index (χ1v) is 8.37. The number of amides is 2. The van der Waals surface area contributed by atoms with Crippen molar-refractivity contribution < 1.29 is 9.59 Å². The Hall–Kier alpha value is -2.23. The summed E-state index contributed by atoms with van der Waals surface area (Å²) in [5, 5.41) is 1.04. The molecule has 1 aliphatic carbocycles. The highest BCUT2D eigenvalue weighted by molar-refractivity contribution is 6.06. The van der Waals surface area contributed by atoms with Gasteiger partial charge in [0.25, 0.3) is 0 Å². The number of carbonyl (C=O) groups excluding carboxylic acids is 2. The number of imide groups is 1. The van der Waals surface area contributed by atoms with Crippen LogP contribution in [0.15, 0.2) is 36.5 Å². The monoisotopic (exact) mass is 308 g/mol. The van der Waals surface area contributed by atoms with Crippen LogP contribution in [0.1, 0.15) is 44.1 Å². The van der Waals surface area contributed by atoms with E-state index >= 15 is 0 Å². The first-order valence-electron chi connectivity index (χ1n) is 8.37. The van der Waals surface area contributed by atoms with Gasteiger partial charge in [-0.3, -0.25) is 19.5 Å². The van der Waals surface area contributed by atoms with Crippen molar-refractivity contribution in [3.63, 3.8) is 0 Å². The van der Waals surface area contributed by atoms with Crippen molar-refractivity contribution in [1.29, 1.82) is 0 Å². The predicted octanol–water partition coefficient (Wildman–Crippen LogP) is 3.44. The fraction of sp³-hybridized carbons (Fsp3) is 0.421. The third kappa shape index (κ3) is 2.33. The zero-order valence-corrected chi connectivity index (χ0v) is 13.1. The maximum Gasteiger partial charge on any atom is 0.236 e. The number of hydrogen-bond donors (Lipinski definition) is 0. The minimum atomic E-state index is -0.409. The molecule has 1 aromatic heterocycles. The summed E-state index contributed by atoms with van der Waals surface area (Å²) >= 11 is 0. The van der Waals surface area contributed by atoms with Gasteiger partial charge in [-0.05, 0) is 24.5 Å². The third-order valence-corrected chi connectivity index (χ3v) is 5.34. The molecule has 4 rings (SSSR count). The largest absolute Gasteiger partial charge is 0.278 e. The molecule has 0 atom stereocenters. The fourth-order valence-electron chi connectivity index (χ4n) is 4.10. The van der Waals surface area contributed by atoms with Crippen molar-refractivity contribution in [2.45, 2.75) is 45.1 Å². The summed E-state index contributed by atoms with van der Waals surface area (Å²) in [6.45, 7) is 0.341. The highest BCUT2D eigenvalue weighted by atomic mass is 16.2. The van der Waals surface area contributed by atoms with Gasteiger partial charge in [0.15, 0.2) is 0 Å². The Morgan fingerprint density at radius 2 is 1.83 bits per heavy atom. The summed E-state index contributed by atoms with van der Waals surface area (Å²) in [4.78, 5) is 31.3. The minimum absolute atomic E-state index is 0.0233. The lowest BCUT2D eigenvalue weighted by Crippen LogP contribution is -2.36. The van der Waals surface area contributed by atoms with Crippen LogP contribution >= 0.6 is 0 Å². The molecule has 0 radical (unpaired) electrons. The summed E-state index contributed by atoms with van der Waals surface area (Å²) in [6, 6.07) is 9.82. The molecular formula is C19H20N2O2. The number of benzene rings is 1. The number of aromatic nitrogens is 1. The molecule has 1 saturated heterocycles. The molecule has 0 bridgehead atoms. The number of nitrogens with zero attached hydrogens (tertiary/aromatic N) is 2. The molecule has 2 amide bonds. The third-order valence-electron chi connectivity index (χ3n) is 5.34. The number of fused-ring (bicyclic) bond motifs is 1. The number of likely N-dealkylation sites (tertiary alicyclic amines) is 1. The van der Waals surface area contributed by atoms with E-state index in [1.807, 2.05) is 30.3 Å². The van der Waals surface area contributed by atoms with Crippen LogP contribution in [0.3, 0.4) is 0 Å². The first kappa shape index (κ1) is 14.4. The van der Waals surface area contributed by atoms with Crippen molar-refractivity contribution in [3.05, 3.63) is 42.1 Å². The van der Waals surface area contributed by atoms with E-state index in [9.17, 15) is 9.59 Å². The molecule has 23 heavy (non-hydrogen) atoms. The Labute approximate surface area is 135 Å². The Morgan fingerprint density at radius 3 is 2.65 bits per heavy atom. The van der Waals surface area contributed by atoms with Crippen molar-refractivity contribution in [1.82, 2.24) is 9.88 Å². The zero-order valence-electron chi connectivity index (χ0n) is 13.1.